The predicted octanol–water partition coefficient (Wildman–Crippen LogP) is 5.94. The van der Waals surface area contributed by atoms with Gasteiger partial charge in [0.15, 0.2) is 0 Å². The molecule has 42 heavy (non-hydrogen) atoms. The molecule has 0 bridgehead atoms. The van der Waals surface area contributed by atoms with Crippen molar-refractivity contribution < 1.29 is 10.2 Å². The quantitative estimate of drug-likeness (QED) is 0.400. The lowest BCUT2D eigenvalue weighted by molar-refractivity contribution is 0.0677. The zero-order valence-electron chi connectivity index (χ0n) is 26.0. The van der Waals surface area contributed by atoms with E-state index in [4.69, 9.17) is 0 Å². The summed E-state index contributed by atoms with van der Waals surface area (Å²) >= 11 is 0. The van der Waals surface area contributed by atoms with Crippen molar-refractivity contribution in [3.8, 4) is 5.69 Å². The van der Waals surface area contributed by atoms with Gasteiger partial charge >= 0.3 is 11.4 Å². The van der Waals surface area contributed by atoms with E-state index in [0.29, 0.717) is 36.3 Å². The van der Waals surface area contributed by atoms with Gasteiger partial charge in [0.1, 0.15) is 0 Å². The summed E-state index contributed by atoms with van der Waals surface area (Å²) in [5, 5.41) is 21.5. The van der Waals surface area contributed by atoms with E-state index in [0.717, 1.165) is 36.3 Å². The van der Waals surface area contributed by atoms with E-state index in [-0.39, 0.29) is 22.8 Å². The summed E-state index contributed by atoms with van der Waals surface area (Å²) in [7, 11) is 0. The molecule has 0 radical (unpaired) electrons. The highest BCUT2D eigenvalue weighted by molar-refractivity contribution is 5.37. The Kier molecular flexibility index (Phi) is 7.80. The highest BCUT2D eigenvalue weighted by atomic mass is 16.3. The number of allylic oxidation sites excluding steroid dienone is 2. The third-order valence-electron chi connectivity index (χ3n) is 11.5. The first-order valence-electron chi connectivity index (χ1n) is 16.3. The van der Waals surface area contributed by atoms with Crippen LogP contribution in [0.3, 0.4) is 0 Å². The van der Waals surface area contributed by atoms with Gasteiger partial charge in [-0.15, -0.1) is 0 Å². The standard InChI is InChI=1S/C35H49N3O4/c1-21(2)10-9-11-22(3)28-14-15-29-27-20-31(26-18-25(39)19-32(40)23(26)4)38-34(42)36(24-12-7-6-8-13-24)33(41)37(38)30(27)16-17-35(28,29)5/h6-8,12-13,20-22,25,28-32,39-40H,9-11,14-19H2,1-5H3/t22-,25-,28-,29+,30+,31-,32+,35-/m1/s1. The first kappa shape index (κ1) is 29.4. The summed E-state index contributed by atoms with van der Waals surface area (Å²) in [4.78, 5) is 28.3. The fourth-order valence-electron chi connectivity index (χ4n) is 9.30. The van der Waals surface area contributed by atoms with E-state index in [1.165, 1.54) is 35.8 Å². The Bertz CT molecular complexity index is 1490. The normalized spacial score (nSPS) is 33.3. The molecular weight excluding hydrogens is 526 g/mol. The molecule has 0 unspecified atom stereocenters. The number of aliphatic hydroxyl groups excluding tert-OH is 2. The zero-order chi connectivity index (χ0) is 29.9. The van der Waals surface area contributed by atoms with E-state index < -0.39 is 18.2 Å². The molecule has 1 aromatic carbocycles. The number of nitrogens with zero attached hydrogens (tertiary/aromatic N) is 3. The van der Waals surface area contributed by atoms with Gasteiger partial charge in [-0.3, -0.25) is 0 Å². The van der Waals surface area contributed by atoms with Crippen molar-refractivity contribution in [1.82, 2.24) is 13.9 Å². The molecule has 4 aliphatic rings. The van der Waals surface area contributed by atoms with Crippen LogP contribution < -0.4 is 11.4 Å². The third kappa shape index (κ3) is 4.71. The minimum absolute atomic E-state index is 0.154. The summed E-state index contributed by atoms with van der Waals surface area (Å²) in [6.45, 7) is 11.5. The molecule has 2 aromatic rings. The van der Waals surface area contributed by atoms with E-state index in [1.807, 2.05) is 25.1 Å². The topological polar surface area (TPSA) is 89.4 Å². The van der Waals surface area contributed by atoms with Gasteiger partial charge in [-0.05, 0) is 97.0 Å². The van der Waals surface area contributed by atoms with Gasteiger partial charge in [0.2, 0.25) is 0 Å². The molecule has 0 spiro atoms. The second kappa shape index (κ2) is 11.1. The first-order valence-corrected chi connectivity index (χ1v) is 16.3. The minimum Gasteiger partial charge on any atom is -0.393 e. The Hall–Kier alpha value is -2.64. The van der Waals surface area contributed by atoms with Crippen LogP contribution in [-0.4, -0.2) is 36.4 Å². The van der Waals surface area contributed by atoms with Gasteiger partial charge in [-0.2, -0.15) is 0 Å². The minimum atomic E-state index is -0.758. The Morgan fingerprint density at radius 3 is 2.40 bits per heavy atom. The third-order valence-corrected chi connectivity index (χ3v) is 11.5. The fraction of sp³-hybridized carbons (Fsp3) is 0.657. The van der Waals surface area contributed by atoms with Crippen molar-refractivity contribution >= 4 is 0 Å². The molecule has 0 amide bonds. The number of benzene rings is 1. The zero-order valence-corrected chi connectivity index (χ0v) is 26.0. The van der Waals surface area contributed by atoms with Crippen LogP contribution in [0, 0.1) is 29.1 Å². The van der Waals surface area contributed by atoms with Gasteiger partial charge in [0, 0.05) is 6.42 Å². The van der Waals surface area contributed by atoms with Crippen molar-refractivity contribution in [2.24, 2.45) is 29.1 Å². The van der Waals surface area contributed by atoms with Crippen LogP contribution in [0.15, 0.2) is 62.7 Å². The molecular formula is C35H49N3O4. The maximum atomic E-state index is 14.2. The number of rotatable bonds is 7. The Morgan fingerprint density at radius 1 is 0.976 bits per heavy atom. The predicted molar refractivity (Wildman–Crippen MR) is 166 cm³/mol. The molecule has 2 saturated carbocycles. The summed E-state index contributed by atoms with van der Waals surface area (Å²) in [6, 6.07) is 8.52. The molecule has 3 aliphatic carbocycles. The van der Waals surface area contributed by atoms with Crippen LogP contribution in [-0.2, 0) is 0 Å². The van der Waals surface area contributed by atoms with E-state index in [9.17, 15) is 19.8 Å². The first-order chi connectivity index (χ1) is 20.0. The molecule has 2 fully saturated rings. The molecule has 8 atom stereocenters. The number of aromatic nitrogens is 3. The fourth-order valence-corrected chi connectivity index (χ4v) is 9.30. The molecule has 1 aromatic heterocycles. The monoisotopic (exact) mass is 575 g/mol. The van der Waals surface area contributed by atoms with Crippen molar-refractivity contribution in [1.29, 1.82) is 0 Å². The number of aliphatic hydroxyl groups is 2. The Morgan fingerprint density at radius 2 is 1.69 bits per heavy atom. The largest absolute Gasteiger partial charge is 0.393 e. The lowest BCUT2D eigenvalue weighted by atomic mass is 9.59. The Balaban J connectivity index is 1.46. The SMILES string of the molecule is CC1=C([C@H]2C=C3[C@H](CC[C@]4(C)[C@@H]([C@H](C)CCCC(C)C)CC[C@@H]34)n3c(=O)n(-c4ccccc4)c(=O)n32)C[C@@H](O)C[C@@H]1O. The summed E-state index contributed by atoms with van der Waals surface area (Å²) < 4.78 is 4.68. The van der Waals surface area contributed by atoms with Crippen LogP contribution in [0.2, 0.25) is 0 Å². The van der Waals surface area contributed by atoms with Crippen LogP contribution in [0.1, 0.15) is 104 Å². The summed E-state index contributed by atoms with van der Waals surface area (Å²) in [5.41, 5.74) is 3.01. The van der Waals surface area contributed by atoms with Crippen molar-refractivity contribution in [2.45, 2.75) is 117 Å². The van der Waals surface area contributed by atoms with E-state index in [2.05, 4.69) is 33.8 Å². The van der Waals surface area contributed by atoms with Crippen LogP contribution in [0.25, 0.3) is 5.69 Å². The maximum Gasteiger partial charge on any atom is 0.352 e. The van der Waals surface area contributed by atoms with Crippen molar-refractivity contribution in [3.63, 3.8) is 0 Å². The van der Waals surface area contributed by atoms with Gasteiger partial charge in [0.25, 0.3) is 0 Å². The highest BCUT2D eigenvalue weighted by Crippen LogP contribution is 2.62. The van der Waals surface area contributed by atoms with Crippen LogP contribution in [0.4, 0.5) is 0 Å². The van der Waals surface area contributed by atoms with Gasteiger partial charge in [-0.25, -0.2) is 23.5 Å². The summed E-state index contributed by atoms with van der Waals surface area (Å²) in [5.74, 6) is 2.39. The highest BCUT2D eigenvalue weighted by Gasteiger charge is 2.55. The van der Waals surface area contributed by atoms with E-state index in [1.54, 1.807) is 21.5 Å². The number of hydrogen-bond donors (Lipinski definition) is 2. The average Bonchev–Trinajstić information content (AvgIpc) is 3.44. The molecule has 2 heterocycles. The molecule has 7 nitrogen and oxygen atoms in total. The van der Waals surface area contributed by atoms with Gasteiger partial charge < -0.3 is 10.2 Å². The molecule has 0 saturated heterocycles. The number of hydrogen-bond acceptors (Lipinski definition) is 4. The summed E-state index contributed by atoms with van der Waals surface area (Å²) in [6.07, 6.45) is 9.50. The number of para-hydroxylation sites is 1. The molecule has 7 heteroatoms. The molecule has 6 rings (SSSR count). The second-order valence-electron chi connectivity index (χ2n) is 14.5. The average molecular weight is 576 g/mol. The number of fused-ring (bicyclic) bond motifs is 5. The lowest BCUT2D eigenvalue weighted by Crippen LogP contribution is -2.46. The van der Waals surface area contributed by atoms with Gasteiger partial charge in [0.05, 0.1) is 30.0 Å². The maximum absolute atomic E-state index is 14.2. The second-order valence-corrected chi connectivity index (χ2v) is 14.5. The molecule has 2 N–H and O–H groups in total. The molecule has 1 aliphatic heterocycles. The Labute approximate surface area is 249 Å². The van der Waals surface area contributed by atoms with E-state index >= 15 is 0 Å². The smallest absolute Gasteiger partial charge is 0.352 e. The van der Waals surface area contributed by atoms with Crippen LogP contribution in [0.5, 0.6) is 0 Å². The van der Waals surface area contributed by atoms with Gasteiger partial charge in [-0.1, -0.05) is 71.2 Å². The lowest BCUT2D eigenvalue weighted by Gasteiger charge is -2.49. The van der Waals surface area contributed by atoms with Crippen molar-refractivity contribution in [2.75, 3.05) is 0 Å². The molecule has 228 valence electrons. The van der Waals surface area contributed by atoms with Crippen LogP contribution >= 0.6 is 0 Å². The van der Waals surface area contributed by atoms with Crippen molar-refractivity contribution in [3.05, 3.63) is 74.1 Å².